The first-order valence-electron chi connectivity index (χ1n) is 7.77. The van der Waals surface area contributed by atoms with Crippen LogP contribution in [0.25, 0.3) is 0 Å². The van der Waals surface area contributed by atoms with Crippen LogP contribution in [0.5, 0.6) is 0 Å². The summed E-state index contributed by atoms with van der Waals surface area (Å²) in [4.78, 5) is 2.43. The zero-order valence-corrected chi connectivity index (χ0v) is 13.4. The predicted octanol–water partition coefficient (Wildman–Crippen LogP) is 3.13. The van der Waals surface area contributed by atoms with Crippen LogP contribution < -0.4 is 5.73 Å². The van der Waals surface area contributed by atoms with Gasteiger partial charge in [0.05, 0.1) is 6.61 Å². The molecule has 0 aliphatic rings. The molecular weight excluding hydrogens is 248 g/mol. The summed E-state index contributed by atoms with van der Waals surface area (Å²) >= 11 is 0. The number of hydrogen-bond donors (Lipinski definition) is 1. The lowest BCUT2D eigenvalue weighted by Gasteiger charge is -2.35. The van der Waals surface area contributed by atoms with E-state index in [4.69, 9.17) is 10.5 Å². The SMILES string of the molecule is CCOCCN(CC)C(c1ccc(C)cc1)C(N)CC. The number of ether oxygens (including phenoxy) is 1. The van der Waals surface area contributed by atoms with Crippen LogP contribution in [0.4, 0.5) is 0 Å². The van der Waals surface area contributed by atoms with E-state index < -0.39 is 0 Å². The minimum Gasteiger partial charge on any atom is -0.380 e. The van der Waals surface area contributed by atoms with Crippen molar-refractivity contribution in [2.45, 2.75) is 46.2 Å². The Morgan fingerprint density at radius 3 is 2.30 bits per heavy atom. The fourth-order valence-corrected chi connectivity index (χ4v) is 2.54. The van der Waals surface area contributed by atoms with E-state index in [-0.39, 0.29) is 12.1 Å². The van der Waals surface area contributed by atoms with Gasteiger partial charge in [-0.25, -0.2) is 0 Å². The van der Waals surface area contributed by atoms with Crippen LogP contribution >= 0.6 is 0 Å². The van der Waals surface area contributed by atoms with Gasteiger partial charge >= 0.3 is 0 Å². The molecule has 2 N–H and O–H groups in total. The standard InChI is InChI=1S/C17H30N2O/c1-5-16(18)17(15-10-8-14(4)9-11-15)19(6-2)12-13-20-7-3/h8-11,16-17H,5-7,12-13,18H2,1-4H3. The summed E-state index contributed by atoms with van der Waals surface area (Å²) in [5, 5.41) is 0. The van der Waals surface area contributed by atoms with E-state index in [1.165, 1.54) is 11.1 Å². The fraction of sp³-hybridized carbons (Fsp3) is 0.647. The average Bonchev–Trinajstić information content (AvgIpc) is 2.47. The Morgan fingerprint density at radius 2 is 1.80 bits per heavy atom. The van der Waals surface area contributed by atoms with E-state index in [0.29, 0.717) is 0 Å². The maximum atomic E-state index is 6.39. The number of hydrogen-bond acceptors (Lipinski definition) is 3. The van der Waals surface area contributed by atoms with Crippen molar-refractivity contribution < 1.29 is 4.74 Å². The molecule has 3 heteroatoms. The van der Waals surface area contributed by atoms with Crippen LogP contribution in [0.2, 0.25) is 0 Å². The number of benzene rings is 1. The number of likely N-dealkylation sites (N-methyl/N-ethyl adjacent to an activating group) is 1. The molecule has 0 bridgehead atoms. The van der Waals surface area contributed by atoms with Crippen molar-refractivity contribution in [3.63, 3.8) is 0 Å². The van der Waals surface area contributed by atoms with E-state index >= 15 is 0 Å². The monoisotopic (exact) mass is 278 g/mol. The van der Waals surface area contributed by atoms with E-state index in [1.54, 1.807) is 0 Å². The molecule has 0 fully saturated rings. The Hall–Kier alpha value is -0.900. The molecule has 1 aromatic rings. The van der Waals surface area contributed by atoms with E-state index in [0.717, 1.165) is 32.7 Å². The molecule has 0 heterocycles. The molecule has 0 aliphatic carbocycles. The Morgan fingerprint density at radius 1 is 1.15 bits per heavy atom. The van der Waals surface area contributed by atoms with Crippen molar-refractivity contribution in [1.29, 1.82) is 0 Å². The van der Waals surface area contributed by atoms with Gasteiger partial charge in [0.2, 0.25) is 0 Å². The third-order valence-corrected chi connectivity index (χ3v) is 3.82. The van der Waals surface area contributed by atoms with Gasteiger partial charge in [-0.2, -0.15) is 0 Å². The maximum absolute atomic E-state index is 6.39. The number of rotatable bonds is 9. The summed E-state index contributed by atoms with van der Waals surface area (Å²) in [5.41, 5.74) is 8.98. The van der Waals surface area contributed by atoms with Crippen LogP contribution in [0.3, 0.4) is 0 Å². The second-order valence-corrected chi connectivity index (χ2v) is 5.25. The molecule has 0 aromatic heterocycles. The third-order valence-electron chi connectivity index (χ3n) is 3.82. The minimum absolute atomic E-state index is 0.152. The van der Waals surface area contributed by atoms with Crippen molar-refractivity contribution in [2.75, 3.05) is 26.3 Å². The van der Waals surface area contributed by atoms with Crippen molar-refractivity contribution in [1.82, 2.24) is 4.90 Å². The first kappa shape index (κ1) is 17.2. The van der Waals surface area contributed by atoms with Crippen LogP contribution in [-0.2, 0) is 4.74 Å². The van der Waals surface area contributed by atoms with Gasteiger partial charge in [-0.05, 0) is 32.4 Å². The van der Waals surface area contributed by atoms with Crippen molar-refractivity contribution in [3.8, 4) is 0 Å². The second kappa shape index (κ2) is 9.11. The summed E-state index contributed by atoms with van der Waals surface area (Å²) in [6.07, 6.45) is 0.976. The maximum Gasteiger partial charge on any atom is 0.0593 e. The Balaban J connectivity index is 2.88. The van der Waals surface area contributed by atoms with Gasteiger partial charge in [0, 0.05) is 25.2 Å². The molecule has 114 valence electrons. The molecule has 1 rings (SSSR count). The van der Waals surface area contributed by atoms with E-state index in [2.05, 4.69) is 49.9 Å². The van der Waals surface area contributed by atoms with Gasteiger partial charge < -0.3 is 10.5 Å². The van der Waals surface area contributed by atoms with Gasteiger partial charge in [-0.1, -0.05) is 43.7 Å². The highest BCUT2D eigenvalue weighted by atomic mass is 16.5. The molecule has 0 aliphatic heterocycles. The smallest absolute Gasteiger partial charge is 0.0593 e. The summed E-state index contributed by atoms with van der Waals surface area (Å²) < 4.78 is 5.50. The van der Waals surface area contributed by atoms with Gasteiger partial charge in [-0.15, -0.1) is 0 Å². The first-order valence-corrected chi connectivity index (χ1v) is 7.77. The zero-order chi connectivity index (χ0) is 15.0. The number of nitrogens with two attached hydrogens (primary N) is 1. The number of nitrogens with zero attached hydrogens (tertiary/aromatic N) is 1. The highest BCUT2D eigenvalue weighted by Crippen LogP contribution is 2.25. The molecule has 0 amide bonds. The highest BCUT2D eigenvalue weighted by molar-refractivity contribution is 5.25. The molecule has 2 atom stereocenters. The Labute approximate surface area is 124 Å². The lowest BCUT2D eigenvalue weighted by atomic mass is 9.95. The Kier molecular flexibility index (Phi) is 7.82. The van der Waals surface area contributed by atoms with Gasteiger partial charge in [0.1, 0.15) is 0 Å². The van der Waals surface area contributed by atoms with Crippen molar-refractivity contribution in [3.05, 3.63) is 35.4 Å². The van der Waals surface area contributed by atoms with Gasteiger partial charge in [-0.3, -0.25) is 4.90 Å². The van der Waals surface area contributed by atoms with Gasteiger partial charge in [0.25, 0.3) is 0 Å². The van der Waals surface area contributed by atoms with Crippen LogP contribution in [-0.4, -0.2) is 37.2 Å². The molecule has 1 aromatic carbocycles. The quantitative estimate of drug-likeness (QED) is 0.705. The lowest BCUT2D eigenvalue weighted by molar-refractivity contribution is 0.0888. The lowest BCUT2D eigenvalue weighted by Crippen LogP contribution is -2.42. The number of aryl methyl sites for hydroxylation is 1. The molecule has 0 saturated heterocycles. The average molecular weight is 278 g/mol. The van der Waals surface area contributed by atoms with Crippen LogP contribution in [0.1, 0.15) is 44.4 Å². The molecule has 0 saturated carbocycles. The summed E-state index contributed by atoms with van der Waals surface area (Å²) in [6, 6.07) is 9.17. The minimum atomic E-state index is 0.152. The molecule has 3 nitrogen and oxygen atoms in total. The van der Waals surface area contributed by atoms with Crippen molar-refractivity contribution >= 4 is 0 Å². The van der Waals surface area contributed by atoms with E-state index in [1.807, 2.05) is 6.92 Å². The molecule has 20 heavy (non-hydrogen) atoms. The summed E-state index contributed by atoms with van der Waals surface area (Å²) in [5.74, 6) is 0. The van der Waals surface area contributed by atoms with Crippen LogP contribution in [0, 0.1) is 6.92 Å². The normalized spacial score (nSPS) is 14.5. The Bertz CT molecular complexity index is 364. The topological polar surface area (TPSA) is 38.5 Å². The van der Waals surface area contributed by atoms with E-state index in [9.17, 15) is 0 Å². The summed E-state index contributed by atoms with van der Waals surface area (Å²) in [6.45, 7) is 11.9. The molecule has 0 radical (unpaired) electrons. The first-order chi connectivity index (χ1) is 9.63. The predicted molar refractivity (Wildman–Crippen MR) is 85.9 cm³/mol. The largest absolute Gasteiger partial charge is 0.380 e. The van der Waals surface area contributed by atoms with Crippen molar-refractivity contribution in [2.24, 2.45) is 5.73 Å². The molecule has 2 unspecified atom stereocenters. The highest BCUT2D eigenvalue weighted by Gasteiger charge is 2.24. The second-order valence-electron chi connectivity index (χ2n) is 5.25. The summed E-state index contributed by atoms with van der Waals surface area (Å²) in [7, 11) is 0. The third kappa shape index (κ3) is 4.89. The molecular formula is C17H30N2O. The molecule has 0 spiro atoms. The van der Waals surface area contributed by atoms with Gasteiger partial charge in [0.15, 0.2) is 0 Å². The zero-order valence-electron chi connectivity index (χ0n) is 13.4. The fourth-order valence-electron chi connectivity index (χ4n) is 2.54. The van der Waals surface area contributed by atoms with Crippen LogP contribution in [0.15, 0.2) is 24.3 Å².